The zero-order valence-electron chi connectivity index (χ0n) is 9.89. The Hall–Kier alpha value is -2.19. The Balaban J connectivity index is 2.62. The maximum atomic E-state index is 11.0. The third-order valence-corrected chi connectivity index (χ3v) is 3.55. The van der Waals surface area contributed by atoms with Gasteiger partial charge < -0.3 is 5.11 Å². The number of carboxylic acid groups (broad SMARTS) is 1. The lowest BCUT2D eigenvalue weighted by Gasteiger charge is -2.02. The lowest BCUT2D eigenvalue weighted by atomic mass is 10.1. The van der Waals surface area contributed by atoms with Gasteiger partial charge >= 0.3 is 5.97 Å². The van der Waals surface area contributed by atoms with Crippen molar-refractivity contribution >= 4 is 17.3 Å². The third kappa shape index (κ3) is 2.11. The van der Waals surface area contributed by atoms with E-state index in [1.165, 1.54) is 0 Å². The van der Waals surface area contributed by atoms with Crippen molar-refractivity contribution in [3.05, 3.63) is 39.9 Å². The molecule has 0 saturated carbocycles. The molecule has 1 aromatic heterocycles. The van der Waals surface area contributed by atoms with Crippen LogP contribution in [0.15, 0.2) is 18.2 Å². The number of hydrogen-bond donors (Lipinski definition) is 1. The fourth-order valence-electron chi connectivity index (χ4n) is 1.62. The van der Waals surface area contributed by atoms with Gasteiger partial charge in [-0.15, -0.1) is 11.3 Å². The molecule has 0 bridgehead atoms. The summed E-state index contributed by atoms with van der Waals surface area (Å²) in [4.78, 5) is 15.2. The summed E-state index contributed by atoms with van der Waals surface area (Å²) in [6, 6.07) is 7.76. The highest BCUT2D eigenvalue weighted by molar-refractivity contribution is 7.15. The first-order valence-electron chi connectivity index (χ1n) is 5.24. The molecular formula is C13H10N2O2S. The first-order valence-corrected chi connectivity index (χ1v) is 6.06. The van der Waals surface area contributed by atoms with Gasteiger partial charge in [-0.2, -0.15) is 5.26 Å². The zero-order chi connectivity index (χ0) is 13.3. The number of carboxylic acids is 1. The van der Waals surface area contributed by atoms with E-state index in [4.69, 9.17) is 10.4 Å². The molecule has 90 valence electrons. The van der Waals surface area contributed by atoms with Gasteiger partial charge in [0, 0.05) is 5.56 Å². The molecule has 1 heterocycles. The van der Waals surface area contributed by atoms with Crippen LogP contribution in [0.2, 0.25) is 0 Å². The minimum atomic E-state index is -1.17. The number of aromatic carboxylic acids is 1. The van der Waals surface area contributed by atoms with Crippen molar-refractivity contribution in [3.63, 3.8) is 0 Å². The molecule has 0 aliphatic rings. The van der Waals surface area contributed by atoms with Gasteiger partial charge in [0.05, 0.1) is 0 Å². The van der Waals surface area contributed by atoms with Crippen LogP contribution >= 0.6 is 11.3 Å². The van der Waals surface area contributed by atoms with Crippen LogP contribution in [-0.2, 0) is 0 Å². The number of benzene rings is 1. The number of aromatic nitrogens is 1. The number of nitrogens with zero attached hydrogens (tertiary/aromatic N) is 2. The molecular weight excluding hydrogens is 248 g/mol. The Kier molecular flexibility index (Phi) is 3.13. The van der Waals surface area contributed by atoms with Crippen molar-refractivity contribution in [2.75, 3.05) is 0 Å². The summed E-state index contributed by atoms with van der Waals surface area (Å²) in [5.41, 5.74) is 2.79. The quantitative estimate of drug-likeness (QED) is 0.898. The zero-order valence-corrected chi connectivity index (χ0v) is 10.7. The third-order valence-electron chi connectivity index (χ3n) is 2.55. The van der Waals surface area contributed by atoms with Gasteiger partial charge in [0.25, 0.3) is 0 Å². The molecule has 0 saturated heterocycles. The molecule has 18 heavy (non-hydrogen) atoms. The van der Waals surface area contributed by atoms with Crippen molar-refractivity contribution in [1.82, 2.24) is 4.98 Å². The van der Waals surface area contributed by atoms with Crippen molar-refractivity contribution in [1.29, 1.82) is 5.26 Å². The molecule has 1 N–H and O–H groups in total. The average Bonchev–Trinajstić information content (AvgIpc) is 2.76. The summed E-state index contributed by atoms with van der Waals surface area (Å²) in [6.07, 6.45) is 0. The van der Waals surface area contributed by atoms with Gasteiger partial charge in [0.1, 0.15) is 16.0 Å². The molecule has 0 fully saturated rings. The van der Waals surface area contributed by atoms with E-state index in [2.05, 4.69) is 4.98 Å². The van der Waals surface area contributed by atoms with Crippen LogP contribution in [0.3, 0.4) is 0 Å². The average molecular weight is 258 g/mol. The van der Waals surface area contributed by atoms with Gasteiger partial charge in [-0.3, -0.25) is 0 Å². The number of carbonyl (C=O) groups is 1. The number of hydrogen-bond acceptors (Lipinski definition) is 4. The number of aryl methyl sites for hydroxylation is 2. The summed E-state index contributed by atoms with van der Waals surface area (Å²) < 4.78 is 0. The highest BCUT2D eigenvalue weighted by atomic mass is 32.1. The molecule has 0 aliphatic heterocycles. The molecule has 2 aromatic rings. The summed E-state index contributed by atoms with van der Waals surface area (Å²) in [5, 5.41) is 18.5. The Labute approximate surface area is 108 Å². The maximum Gasteiger partial charge on any atom is 0.356 e. The van der Waals surface area contributed by atoms with Crippen molar-refractivity contribution in [3.8, 4) is 16.6 Å². The summed E-state index contributed by atoms with van der Waals surface area (Å²) >= 11 is 1.11. The van der Waals surface area contributed by atoms with E-state index in [0.717, 1.165) is 28.0 Å². The summed E-state index contributed by atoms with van der Waals surface area (Å²) in [5.74, 6) is -1.17. The second-order valence-corrected chi connectivity index (χ2v) is 4.93. The first kappa shape index (κ1) is 12.3. The normalized spacial score (nSPS) is 10.1. The van der Waals surface area contributed by atoms with E-state index >= 15 is 0 Å². The van der Waals surface area contributed by atoms with Gasteiger partial charge in [-0.05, 0) is 25.5 Å². The van der Waals surface area contributed by atoms with Crippen molar-refractivity contribution in [2.24, 2.45) is 0 Å². The summed E-state index contributed by atoms with van der Waals surface area (Å²) in [6.45, 7) is 3.89. The van der Waals surface area contributed by atoms with E-state index in [1.807, 2.05) is 38.1 Å². The Morgan fingerprint density at radius 3 is 2.72 bits per heavy atom. The van der Waals surface area contributed by atoms with Crippen LogP contribution < -0.4 is 0 Å². The highest BCUT2D eigenvalue weighted by Gasteiger charge is 2.18. The topological polar surface area (TPSA) is 74.0 Å². The molecule has 5 heteroatoms. The van der Waals surface area contributed by atoms with Gasteiger partial charge in [-0.25, -0.2) is 9.78 Å². The molecule has 0 atom stereocenters. The number of thiazole rings is 1. The van der Waals surface area contributed by atoms with E-state index in [9.17, 15) is 4.79 Å². The maximum absolute atomic E-state index is 11.0. The monoisotopic (exact) mass is 258 g/mol. The first-order chi connectivity index (χ1) is 8.52. The lowest BCUT2D eigenvalue weighted by molar-refractivity contribution is 0.0691. The lowest BCUT2D eigenvalue weighted by Crippen LogP contribution is -1.98. The second kappa shape index (κ2) is 4.59. The van der Waals surface area contributed by atoms with Crippen molar-refractivity contribution < 1.29 is 9.90 Å². The fraction of sp³-hybridized carbons (Fsp3) is 0.154. The number of rotatable bonds is 2. The molecule has 4 nitrogen and oxygen atoms in total. The Morgan fingerprint density at radius 2 is 2.17 bits per heavy atom. The van der Waals surface area contributed by atoms with E-state index in [-0.39, 0.29) is 10.6 Å². The summed E-state index contributed by atoms with van der Waals surface area (Å²) in [7, 11) is 0. The number of nitriles is 1. The van der Waals surface area contributed by atoms with E-state index < -0.39 is 5.97 Å². The predicted molar refractivity (Wildman–Crippen MR) is 68.7 cm³/mol. The second-order valence-electron chi connectivity index (χ2n) is 3.93. The van der Waals surface area contributed by atoms with Crippen LogP contribution in [0.25, 0.3) is 10.6 Å². The Morgan fingerprint density at radius 1 is 1.44 bits per heavy atom. The Bertz CT molecular complexity index is 668. The van der Waals surface area contributed by atoms with Crippen molar-refractivity contribution in [2.45, 2.75) is 13.8 Å². The fourth-order valence-corrected chi connectivity index (χ4v) is 2.56. The van der Waals surface area contributed by atoms with E-state index in [1.54, 1.807) is 0 Å². The molecule has 2 rings (SSSR count). The molecule has 0 aliphatic carbocycles. The SMILES string of the molecule is Cc1ccc(C)c(-c2nc(C(=O)O)c(C#N)s2)c1. The standard InChI is InChI=1S/C13H10N2O2S/c1-7-3-4-8(2)9(5-7)12-15-11(13(16)17)10(6-14)18-12/h3-5H,1-2H3,(H,16,17). The predicted octanol–water partition coefficient (Wildman–Crippen LogP) is 3.00. The van der Waals surface area contributed by atoms with Crippen LogP contribution in [-0.4, -0.2) is 16.1 Å². The molecule has 0 unspecified atom stereocenters. The van der Waals surface area contributed by atoms with Gasteiger partial charge in [0.2, 0.25) is 0 Å². The minimum absolute atomic E-state index is 0.137. The minimum Gasteiger partial charge on any atom is -0.476 e. The smallest absolute Gasteiger partial charge is 0.356 e. The largest absolute Gasteiger partial charge is 0.476 e. The van der Waals surface area contributed by atoms with Crippen LogP contribution in [0.4, 0.5) is 0 Å². The van der Waals surface area contributed by atoms with Crippen LogP contribution in [0.5, 0.6) is 0 Å². The van der Waals surface area contributed by atoms with Gasteiger partial charge in [-0.1, -0.05) is 17.7 Å². The molecule has 1 aromatic carbocycles. The molecule has 0 amide bonds. The van der Waals surface area contributed by atoms with Crippen LogP contribution in [0, 0.1) is 25.2 Å². The molecule has 0 spiro atoms. The van der Waals surface area contributed by atoms with Gasteiger partial charge in [0.15, 0.2) is 5.69 Å². The van der Waals surface area contributed by atoms with Crippen LogP contribution in [0.1, 0.15) is 26.5 Å². The van der Waals surface area contributed by atoms with E-state index in [0.29, 0.717) is 5.01 Å². The highest BCUT2D eigenvalue weighted by Crippen LogP contribution is 2.30. The molecule has 0 radical (unpaired) electrons.